The second kappa shape index (κ2) is 4.45. The highest BCUT2D eigenvalue weighted by molar-refractivity contribution is 5.69. The van der Waals surface area contributed by atoms with Crippen molar-refractivity contribution in [3.63, 3.8) is 0 Å². The van der Waals surface area contributed by atoms with Crippen molar-refractivity contribution in [2.24, 2.45) is 5.92 Å². The molecule has 0 bridgehead atoms. The number of hydrogen-bond acceptors (Lipinski definition) is 3. The Labute approximate surface area is 73.0 Å². The van der Waals surface area contributed by atoms with Gasteiger partial charge in [0.15, 0.2) is 0 Å². The SMILES string of the molecule is COC(C)CC(=O)OCC1CC1. The molecular weight excluding hydrogens is 156 g/mol. The lowest BCUT2D eigenvalue weighted by Crippen LogP contribution is -2.15. The van der Waals surface area contributed by atoms with Crippen LogP contribution in [-0.4, -0.2) is 25.8 Å². The van der Waals surface area contributed by atoms with Crippen LogP contribution in [0.5, 0.6) is 0 Å². The fraction of sp³-hybridized carbons (Fsp3) is 0.889. The molecule has 0 aromatic rings. The van der Waals surface area contributed by atoms with Gasteiger partial charge in [0, 0.05) is 7.11 Å². The van der Waals surface area contributed by atoms with Crippen molar-refractivity contribution in [2.75, 3.05) is 13.7 Å². The molecule has 1 fully saturated rings. The van der Waals surface area contributed by atoms with Crippen LogP contribution in [0.2, 0.25) is 0 Å². The monoisotopic (exact) mass is 172 g/mol. The summed E-state index contributed by atoms with van der Waals surface area (Å²) in [5.41, 5.74) is 0. The Morgan fingerprint density at radius 3 is 2.75 bits per heavy atom. The molecule has 70 valence electrons. The Hall–Kier alpha value is -0.570. The Balaban J connectivity index is 2.01. The van der Waals surface area contributed by atoms with Gasteiger partial charge in [0.2, 0.25) is 0 Å². The van der Waals surface area contributed by atoms with E-state index in [-0.39, 0.29) is 12.1 Å². The maximum atomic E-state index is 11.0. The van der Waals surface area contributed by atoms with Gasteiger partial charge in [-0.15, -0.1) is 0 Å². The van der Waals surface area contributed by atoms with Crippen LogP contribution in [0.3, 0.4) is 0 Å². The number of ether oxygens (including phenoxy) is 2. The molecule has 1 unspecified atom stereocenters. The van der Waals surface area contributed by atoms with E-state index in [1.807, 2.05) is 6.92 Å². The molecule has 3 heteroatoms. The second-order valence-corrected chi connectivity index (χ2v) is 3.38. The van der Waals surface area contributed by atoms with E-state index in [1.54, 1.807) is 7.11 Å². The molecule has 1 aliphatic carbocycles. The van der Waals surface area contributed by atoms with Crippen molar-refractivity contribution in [3.8, 4) is 0 Å². The van der Waals surface area contributed by atoms with E-state index < -0.39 is 0 Å². The smallest absolute Gasteiger partial charge is 0.308 e. The standard InChI is InChI=1S/C9H16O3/c1-7(11-2)5-9(10)12-6-8-3-4-8/h7-8H,3-6H2,1-2H3. The van der Waals surface area contributed by atoms with Crippen LogP contribution in [0.25, 0.3) is 0 Å². The summed E-state index contributed by atoms with van der Waals surface area (Å²) in [6, 6.07) is 0. The largest absolute Gasteiger partial charge is 0.465 e. The minimum absolute atomic E-state index is 0.0308. The molecule has 0 aliphatic heterocycles. The van der Waals surface area contributed by atoms with Crippen molar-refractivity contribution < 1.29 is 14.3 Å². The topological polar surface area (TPSA) is 35.5 Å². The zero-order valence-electron chi connectivity index (χ0n) is 7.71. The minimum Gasteiger partial charge on any atom is -0.465 e. The zero-order chi connectivity index (χ0) is 8.97. The highest BCUT2D eigenvalue weighted by Gasteiger charge is 2.23. The molecule has 1 atom stereocenters. The van der Waals surface area contributed by atoms with Crippen LogP contribution < -0.4 is 0 Å². The van der Waals surface area contributed by atoms with E-state index in [0.717, 1.165) is 0 Å². The summed E-state index contributed by atoms with van der Waals surface area (Å²) < 4.78 is 9.96. The van der Waals surface area contributed by atoms with E-state index in [0.29, 0.717) is 18.9 Å². The molecule has 0 radical (unpaired) electrons. The van der Waals surface area contributed by atoms with Crippen molar-refractivity contribution in [3.05, 3.63) is 0 Å². The summed E-state index contributed by atoms with van der Waals surface area (Å²) in [6.07, 6.45) is 2.76. The average Bonchev–Trinajstić information content (AvgIpc) is 2.83. The first-order chi connectivity index (χ1) is 5.72. The average molecular weight is 172 g/mol. The molecule has 0 aromatic carbocycles. The van der Waals surface area contributed by atoms with E-state index in [9.17, 15) is 4.79 Å². The molecule has 1 aliphatic rings. The maximum Gasteiger partial charge on any atom is 0.308 e. The number of methoxy groups -OCH3 is 1. The first kappa shape index (κ1) is 9.52. The second-order valence-electron chi connectivity index (χ2n) is 3.38. The van der Waals surface area contributed by atoms with Gasteiger partial charge in [0.1, 0.15) is 0 Å². The van der Waals surface area contributed by atoms with Gasteiger partial charge in [0.25, 0.3) is 0 Å². The van der Waals surface area contributed by atoms with Crippen LogP contribution in [0.1, 0.15) is 26.2 Å². The van der Waals surface area contributed by atoms with Gasteiger partial charge in [-0.1, -0.05) is 0 Å². The highest BCUT2D eigenvalue weighted by Crippen LogP contribution is 2.28. The van der Waals surface area contributed by atoms with E-state index in [4.69, 9.17) is 9.47 Å². The third-order valence-corrected chi connectivity index (χ3v) is 2.03. The molecule has 1 rings (SSSR count). The van der Waals surface area contributed by atoms with Gasteiger partial charge in [-0.05, 0) is 25.7 Å². The number of hydrogen-bond donors (Lipinski definition) is 0. The van der Waals surface area contributed by atoms with Gasteiger partial charge in [-0.25, -0.2) is 0 Å². The van der Waals surface area contributed by atoms with Crippen LogP contribution in [0.15, 0.2) is 0 Å². The molecule has 0 amide bonds. The van der Waals surface area contributed by atoms with Gasteiger partial charge < -0.3 is 9.47 Å². The summed E-state index contributed by atoms with van der Waals surface area (Å²) in [6.45, 7) is 2.47. The lowest BCUT2D eigenvalue weighted by atomic mass is 10.3. The first-order valence-corrected chi connectivity index (χ1v) is 4.40. The molecule has 3 nitrogen and oxygen atoms in total. The molecule has 1 saturated carbocycles. The fourth-order valence-electron chi connectivity index (χ4n) is 0.872. The fourth-order valence-corrected chi connectivity index (χ4v) is 0.872. The molecular formula is C9H16O3. The number of esters is 1. The number of carbonyl (C=O) groups is 1. The lowest BCUT2D eigenvalue weighted by Gasteiger charge is -2.08. The van der Waals surface area contributed by atoms with Crippen molar-refractivity contribution in [1.29, 1.82) is 0 Å². The normalized spacial score (nSPS) is 18.8. The van der Waals surface area contributed by atoms with E-state index in [1.165, 1.54) is 12.8 Å². The summed E-state index contributed by atoms with van der Waals surface area (Å²) >= 11 is 0. The quantitative estimate of drug-likeness (QED) is 0.587. The predicted octanol–water partition coefficient (Wildman–Crippen LogP) is 1.36. The molecule has 12 heavy (non-hydrogen) atoms. The summed E-state index contributed by atoms with van der Waals surface area (Å²) in [4.78, 5) is 11.0. The third kappa shape index (κ3) is 3.72. The summed E-state index contributed by atoms with van der Waals surface area (Å²) in [5, 5.41) is 0. The van der Waals surface area contributed by atoms with Crippen molar-refractivity contribution >= 4 is 5.97 Å². The Kier molecular flexibility index (Phi) is 3.53. The summed E-state index contributed by atoms with van der Waals surface area (Å²) in [7, 11) is 1.60. The minimum atomic E-state index is -0.142. The van der Waals surface area contributed by atoms with Crippen LogP contribution in [0.4, 0.5) is 0 Å². The van der Waals surface area contributed by atoms with Crippen LogP contribution in [-0.2, 0) is 14.3 Å². The van der Waals surface area contributed by atoms with Gasteiger partial charge >= 0.3 is 5.97 Å². The summed E-state index contributed by atoms with van der Waals surface area (Å²) in [5.74, 6) is 0.503. The third-order valence-electron chi connectivity index (χ3n) is 2.03. The Bertz CT molecular complexity index is 152. The van der Waals surface area contributed by atoms with Crippen molar-refractivity contribution in [2.45, 2.75) is 32.3 Å². The molecule has 0 N–H and O–H groups in total. The van der Waals surface area contributed by atoms with E-state index in [2.05, 4.69) is 0 Å². The van der Waals surface area contributed by atoms with Gasteiger partial charge in [-0.2, -0.15) is 0 Å². The molecule has 0 aromatic heterocycles. The van der Waals surface area contributed by atoms with E-state index >= 15 is 0 Å². The van der Waals surface area contributed by atoms with Crippen molar-refractivity contribution in [1.82, 2.24) is 0 Å². The number of carbonyl (C=O) groups excluding carboxylic acids is 1. The molecule has 0 spiro atoms. The number of rotatable bonds is 5. The first-order valence-electron chi connectivity index (χ1n) is 4.40. The Morgan fingerprint density at radius 1 is 1.58 bits per heavy atom. The predicted molar refractivity (Wildman–Crippen MR) is 44.8 cm³/mol. The Morgan fingerprint density at radius 2 is 2.25 bits per heavy atom. The highest BCUT2D eigenvalue weighted by atomic mass is 16.5. The van der Waals surface area contributed by atoms with Crippen LogP contribution in [0, 0.1) is 5.92 Å². The van der Waals surface area contributed by atoms with Gasteiger partial charge in [-0.3, -0.25) is 4.79 Å². The van der Waals surface area contributed by atoms with Gasteiger partial charge in [0.05, 0.1) is 19.1 Å². The zero-order valence-corrected chi connectivity index (χ0v) is 7.71. The van der Waals surface area contributed by atoms with Crippen LogP contribution >= 0.6 is 0 Å². The molecule has 0 saturated heterocycles. The maximum absolute atomic E-state index is 11.0. The lowest BCUT2D eigenvalue weighted by molar-refractivity contribution is -0.146. The molecule has 0 heterocycles.